The van der Waals surface area contributed by atoms with E-state index in [0.717, 1.165) is 4.80 Å². The first-order valence-corrected chi connectivity index (χ1v) is 4.51. The Balaban J connectivity index is 2.85. The zero-order valence-corrected chi connectivity index (χ0v) is 5.84. The fourth-order valence-electron chi connectivity index (χ4n) is 0. The molecule has 0 saturated heterocycles. The molecule has 0 aromatic carbocycles. The Kier molecular flexibility index (Phi) is 3.87. The fraction of sp³-hybridized carbons (Fsp3) is 0.500. The molecule has 0 aromatic heterocycles. The minimum atomic E-state index is 0.908. The van der Waals surface area contributed by atoms with Crippen molar-refractivity contribution in [2.75, 3.05) is 0 Å². The van der Waals surface area contributed by atoms with Gasteiger partial charge >= 0.3 is 49.3 Å². The molecule has 0 unspecified atom stereocenters. The van der Waals surface area contributed by atoms with E-state index in [1.165, 1.54) is 0 Å². The summed E-state index contributed by atoms with van der Waals surface area (Å²) in [5.41, 5.74) is 0. The number of hydrogen-bond acceptors (Lipinski definition) is 1. The molecule has 0 saturated carbocycles. The van der Waals surface area contributed by atoms with Crippen molar-refractivity contribution < 1.29 is 0 Å². The first kappa shape index (κ1) is 6.01. The standard InChI is InChI=1S/C2H3BIS/c1-2(3)5-4/h1H3. The van der Waals surface area contributed by atoms with Crippen molar-refractivity contribution in [2.24, 2.45) is 0 Å². The Hall–Kier alpha value is 1.01. The molecule has 27 valence electrons. The molecular weight excluding hydrogens is 194 g/mol. The third kappa shape index (κ3) is 5.01. The van der Waals surface area contributed by atoms with Crippen LogP contribution in [0.4, 0.5) is 0 Å². The summed E-state index contributed by atoms with van der Waals surface area (Å²) < 4.78 is 0. The second-order valence-electron chi connectivity index (χ2n) is 0.688. The molecule has 0 spiro atoms. The van der Waals surface area contributed by atoms with Crippen molar-refractivity contribution in [3.8, 4) is 0 Å². The van der Waals surface area contributed by atoms with Crippen molar-refractivity contribution in [1.82, 2.24) is 0 Å². The molecule has 0 N–H and O–H groups in total. The molecule has 0 atom stereocenters. The van der Waals surface area contributed by atoms with E-state index in [9.17, 15) is 0 Å². The molecule has 0 aliphatic rings. The van der Waals surface area contributed by atoms with Crippen LogP contribution >= 0.6 is 30.1 Å². The van der Waals surface area contributed by atoms with Gasteiger partial charge in [0.25, 0.3) is 0 Å². The molecule has 0 bridgehead atoms. The predicted molar refractivity (Wildman–Crippen MR) is 38.0 cm³/mol. The molecule has 0 nitrogen and oxygen atoms in total. The second-order valence-corrected chi connectivity index (χ2v) is 2.81. The maximum atomic E-state index is 5.16. The second kappa shape index (κ2) is 3.21. The van der Waals surface area contributed by atoms with E-state index in [-0.39, 0.29) is 0 Å². The van der Waals surface area contributed by atoms with Gasteiger partial charge in [-0.15, -0.1) is 0 Å². The maximum absolute atomic E-state index is 5.16. The molecule has 1 radical (unpaired) electrons. The van der Waals surface area contributed by atoms with Crippen LogP contribution in [0.15, 0.2) is 0 Å². The van der Waals surface area contributed by atoms with Gasteiger partial charge in [-0.1, -0.05) is 0 Å². The van der Waals surface area contributed by atoms with Crippen LogP contribution in [0.3, 0.4) is 0 Å². The third-order valence-electron chi connectivity index (χ3n) is 0.122. The Morgan fingerprint density at radius 2 is 2.20 bits per heavy atom. The van der Waals surface area contributed by atoms with Crippen molar-refractivity contribution in [3.63, 3.8) is 0 Å². The van der Waals surface area contributed by atoms with Crippen LogP contribution in [0.25, 0.3) is 0 Å². The zero-order valence-electron chi connectivity index (χ0n) is 2.86. The average molecular weight is 197 g/mol. The summed E-state index contributed by atoms with van der Waals surface area (Å²) in [6, 6.07) is 0. The molecular formula is C2H3BIS. The number of hydrogen-bond donors (Lipinski definition) is 0. The summed E-state index contributed by atoms with van der Waals surface area (Å²) in [4.78, 5) is 0.908. The quantitative estimate of drug-likeness (QED) is 0.452. The van der Waals surface area contributed by atoms with Gasteiger partial charge in [-0.3, -0.25) is 0 Å². The van der Waals surface area contributed by atoms with Gasteiger partial charge in [0.15, 0.2) is 0 Å². The normalized spacial score (nSPS) is 7.40. The summed E-state index contributed by atoms with van der Waals surface area (Å²) in [5, 5.41) is 0. The molecule has 5 heavy (non-hydrogen) atoms. The first-order chi connectivity index (χ1) is 2.27. The number of rotatable bonds is 1. The van der Waals surface area contributed by atoms with E-state index < -0.39 is 0 Å². The summed E-state index contributed by atoms with van der Waals surface area (Å²) in [6.07, 6.45) is 0. The molecule has 0 rings (SSSR count). The Bertz CT molecular complexity index is 44.9. The van der Waals surface area contributed by atoms with Crippen LogP contribution < -0.4 is 0 Å². The molecule has 0 amide bonds. The summed E-state index contributed by atoms with van der Waals surface area (Å²) in [7, 11) is 6.71. The Morgan fingerprint density at radius 1 is 2.00 bits per heavy atom. The summed E-state index contributed by atoms with van der Waals surface area (Å²) in [6.45, 7) is 1.87. The van der Waals surface area contributed by atoms with Crippen molar-refractivity contribution >= 4 is 42.4 Å². The van der Waals surface area contributed by atoms with Gasteiger partial charge in [-0.05, 0) is 0 Å². The summed E-state index contributed by atoms with van der Waals surface area (Å²) in [5.74, 6) is 0. The molecule has 0 aliphatic heterocycles. The van der Waals surface area contributed by atoms with Crippen LogP contribution in [0, 0.1) is 0 Å². The van der Waals surface area contributed by atoms with Crippen molar-refractivity contribution in [2.45, 2.75) is 6.92 Å². The monoisotopic (exact) mass is 197 g/mol. The van der Waals surface area contributed by atoms with E-state index in [1.54, 1.807) is 8.93 Å². The van der Waals surface area contributed by atoms with E-state index >= 15 is 0 Å². The zero-order chi connectivity index (χ0) is 4.28. The molecule has 0 fully saturated rings. The minimum absolute atomic E-state index is 0.908. The SMILES string of the molecule is [B]=C(C)SI. The van der Waals surface area contributed by atoms with E-state index in [0.29, 0.717) is 0 Å². The van der Waals surface area contributed by atoms with Gasteiger partial charge in [0, 0.05) is 0 Å². The molecule has 3 heteroatoms. The fourth-order valence-corrected chi connectivity index (χ4v) is 0. The average Bonchev–Trinajstić information content (AvgIpc) is 1.38. The Labute approximate surface area is 49.4 Å². The molecule has 0 heterocycles. The van der Waals surface area contributed by atoms with Crippen LogP contribution in [-0.2, 0) is 0 Å². The summed E-state index contributed by atoms with van der Waals surface area (Å²) >= 11 is 2.13. The van der Waals surface area contributed by atoms with E-state index in [1.807, 2.05) is 6.92 Å². The van der Waals surface area contributed by atoms with Crippen LogP contribution in [0.5, 0.6) is 0 Å². The van der Waals surface area contributed by atoms with Crippen LogP contribution in [-0.4, -0.2) is 12.3 Å². The van der Waals surface area contributed by atoms with Crippen LogP contribution in [0.2, 0.25) is 0 Å². The predicted octanol–water partition coefficient (Wildman–Crippen LogP) is 1.39. The van der Waals surface area contributed by atoms with Crippen molar-refractivity contribution in [3.05, 3.63) is 0 Å². The van der Waals surface area contributed by atoms with E-state index in [4.69, 9.17) is 7.49 Å². The first-order valence-electron chi connectivity index (χ1n) is 1.15. The van der Waals surface area contributed by atoms with Gasteiger partial charge < -0.3 is 0 Å². The third-order valence-corrected chi connectivity index (χ3v) is 2.45. The van der Waals surface area contributed by atoms with Gasteiger partial charge in [-0.2, -0.15) is 0 Å². The van der Waals surface area contributed by atoms with Gasteiger partial charge in [0.1, 0.15) is 0 Å². The topological polar surface area (TPSA) is 0 Å². The molecule has 0 aromatic rings. The molecule has 0 aliphatic carbocycles. The van der Waals surface area contributed by atoms with Gasteiger partial charge in [0.05, 0.1) is 0 Å². The van der Waals surface area contributed by atoms with Crippen LogP contribution in [0.1, 0.15) is 6.92 Å². The Morgan fingerprint density at radius 3 is 2.20 bits per heavy atom. The van der Waals surface area contributed by atoms with Gasteiger partial charge in [-0.25, -0.2) is 0 Å². The van der Waals surface area contributed by atoms with Gasteiger partial charge in [0.2, 0.25) is 0 Å². The number of halogens is 1. The van der Waals surface area contributed by atoms with Crippen molar-refractivity contribution in [1.29, 1.82) is 0 Å². The van der Waals surface area contributed by atoms with E-state index in [2.05, 4.69) is 21.2 Å².